The Kier molecular flexibility index (Phi) is 3.34. The Morgan fingerprint density at radius 1 is 1.08 bits per heavy atom. The van der Waals surface area contributed by atoms with Crippen LogP contribution >= 0.6 is 12.4 Å². The van der Waals surface area contributed by atoms with E-state index in [1.807, 2.05) is 0 Å². The molecule has 0 amide bonds. The van der Waals surface area contributed by atoms with Gasteiger partial charge in [0.25, 0.3) is 0 Å². The molecule has 1 aromatic carbocycles. The van der Waals surface area contributed by atoms with Crippen LogP contribution in [0.4, 0.5) is 0 Å². The molecular formula is C11H16ClN. The van der Waals surface area contributed by atoms with E-state index in [9.17, 15) is 0 Å². The number of benzene rings is 1. The molecule has 0 aliphatic carbocycles. The zero-order chi connectivity index (χ0) is 8.55. The fraction of sp³-hybridized carbons (Fsp3) is 0.455. The smallest absolute Gasteiger partial charge is 0.0243 e. The molecule has 0 bridgehead atoms. The zero-order valence-corrected chi connectivity index (χ0v) is 8.97. The summed E-state index contributed by atoms with van der Waals surface area (Å²) in [7, 11) is 0. The van der Waals surface area contributed by atoms with Crippen LogP contribution in [0.5, 0.6) is 0 Å². The van der Waals surface area contributed by atoms with E-state index in [0.29, 0.717) is 6.04 Å². The highest BCUT2D eigenvalue weighted by Crippen LogP contribution is 2.23. The van der Waals surface area contributed by atoms with Crippen molar-refractivity contribution in [3.8, 4) is 0 Å². The second-order valence-corrected chi connectivity index (χ2v) is 3.77. The van der Waals surface area contributed by atoms with Crippen LogP contribution in [-0.2, 0) is 13.1 Å². The summed E-state index contributed by atoms with van der Waals surface area (Å²) in [6.45, 7) is 6.78. The van der Waals surface area contributed by atoms with Gasteiger partial charge in [-0.1, -0.05) is 24.3 Å². The number of hydrogen-bond acceptors (Lipinski definition) is 1. The summed E-state index contributed by atoms with van der Waals surface area (Å²) in [5.41, 5.74) is 3.01. The molecule has 1 nitrogen and oxygen atoms in total. The largest absolute Gasteiger partial charge is 0.292 e. The van der Waals surface area contributed by atoms with Crippen LogP contribution in [0.3, 0.4) is 0 Å². The summed E-state index contributed by atoms with van der Waals surface area (Å²) in [4.78, 5) is 2.49. The van der Waals surface area contributed by atoms with Crippen molar-refractivity contribution in [3.05, 3.63) is 35.4 Å². The van der Waals surface area contributed by atoms with Crippen molar-refractivity contribution in [1.82, 2.24) is 4.90 Å². The van der Waals surface area contributed by atoms with Crippen LogP contribution in [-0.4, -0.2) is 10.9 Å². The quantitative estimate of drug-likeness (QED) is 0.670. The predicted octanol–water partition coefficient (Wildman–Crippen LogP) is 2.83. The van der Waals surface area contributed by atoms with Crippen LogP contribution in [0, 0.1) is 0 Å². The highest BCUT2D eigenvalue weighted by molar-refractivity contribution is 5.85. The van der Waals surface area contributed by atoms with Crippen LogP contribution in [0.15, 0.2) is 24.3 Å². The summed E-state index contributed by atoms with van der Waals surface area (Å²) in [6.07, 6.45) is 0. The van der Waals surface area contributed by atoms with E-state index in [2.05, 4.69) is 43.0 Å². The maximum absolute atomic E-state index is 2.49. The van der Waals surface area contributed by atoms with Gasteiger partial charge in [-0.25, -0.2) is 0 Å². The Morgan fingerprint density at radius 2 is 1.54 bits per heavy atom. The van der Waals surface area contributed by atoms with Gasteiger partial charge < -0.3 is 0 Å². The minimum absolute atomic E-state index is 0. The van der Waals surface area contributed by atoms with Gasteiger partial charge >= 0.3 is 0 Å². The van der Waals surface area contributed by atoms with Gasteiger partial charge in [-0.2, -0.15) is 0 Å². The third-order valence-corrected chi connectivity index (χ3v) is 2.60. The first-order valence-electron chi connectivity index (χ1n) is 4.58. The molecule has 0 fully saturated rings. The lowest BCUT2D eigenvalue weighted by Gasteiger charge is -2.18. The van der Waals surface area contributed by atoms with Gasteiger partial charge in [0.05, 0.1) is 0 Å². The van der Waals surface area contributed by atoms with Gasteiger partial charge in [-0.15, -0.1) is 12.4 Å². The molecule has 72 valence electrons. The average molecular weight is 198 g/mol. The molecule has 1 aromatic rings. The first-order valence-corrected chi connectivity index (χ1v) is 4.58. The maximum Gasteiger partial charge on any atom is 0.0243 e. The summed E-state index contributed by atoms with van der Waals surface area (Å²) in [5.74, 6) is 0. The van der Waals surface area contributed by atoms with E-state index < -0.39 is 0 Å². The summed E-state index contributed by atoms with van der Waals surface area (Å²) in [5, 5.41) is 0. The van der Waals surface area contributed by atoms with Crippen molar-refractivity contribution in [3.63, 3.8) is 0 Å². The van der Waals surface area contributed by atoms with E-state index in [0.717, 1.165) is 13.1 Å². The minimum Gasteiger partial charge on any atom is -0.292 e. The molecule has 0 unspecified atom stereocenters. The monoisotopic (exact) mass is 197 g/mol. The molecule has 1 aliphatic rings. The van der Waals surface area contributed by atoms with E-state index in [4.69, 9.17) is 0 Å². The van der Waals surface area contributed by atoms with E-state index in [1.54, 1.807) is 0 Å². The molecular weight excluding hydrogens is 182 g/mol. The zero-order valence-electron chi connectivity index (χ0n) is 8.16. The SMILES string of the molecule is CC(C)N1Cc2ccccc2C1.Cl. The maximum atomic E-state index is 2.49. The molecule has 0 atom stereocenters. The fourth-order valence-corrected chi connectivity index (χ4v) is 1.72. The lowest BCUT2D eigenvalue weighted by Crippen LogP contribution is -2.24. The molecule has 1 aliphatic heterocycles. The van der Waals surface area contributed by atoms with Crippen LogP contribution in [0.1, 0.15) is 25.0 Å². The van der Waals surface area contributed by atoms with Crippen molar-refractivity contribution in [1.29, 1.82) is 0 Å². The lowest BCUT2D eigenvalue weighted by molar-refractivity contribution is 0.227. The first kappa shape index (κ1) is 10.6. The summed E-state index contributed by atoms with van der Waals surface area (Å²) >= 11 is 0. The third-order valence-electron chi connectivity index (χ3n) is 2.60. The first-order chi connectivity index (χ1) is 5.77. The average Bonchev–Trinajstić information content (AvgIpc) is 2.46. The Bertz CT molecular complexity index is 258. The van der Waals surface area contributed by atoms with Crippen molar-refractivity contribution in [2.75, 3.05) is 0 Å². The Balaban J connectivity index is 0.000000845. The Morgan fingerprint density at radius 3 is 1.92 bits per heavy atom. The standard InChI is InChI=1S/C11H15N.ClH/c1-9(2)12-7-10-5-3-4-6-11(10)8-12;/h3-6,9H,7-8H2,1-2H3;1H. The molecule has 0 radical (unpaired) electrons. The number of halogens is 1. The van der Waals surface area contributed by atoms with Crippen LogP contribution < -0.4 is 0 Å². The van der Waals surface area contributed by atoms with Gasteiger partial charge in [-0.3, -0.25) is 4.90 Å². The number of fused-ring (bicyclic) bond motifs is 1. The third kappa shape index (κ3) is 2.04. The van der Waals surface area contributed by atoms with E-state index in [-0.39, 0.29) is 12.4 Å². The van der Waals surface area contributed by atoms with Crippen molar-refractivity contribution >= 4 is 12.4 Å². The van der Waals surface area contributed by atoms with Crippen LogP contribution in [0.25, 0.3) is 0 Å². The minimum atomic E-state index is 0. The number of rotatable bonds is 1. The van der Waals surface area contributed by atoms with Gasteiger partial charge in [0, 0.05) is 19.1 Å². The number of hydrogen-bond donors (Lipinski definition) is 0. The van der Waals surface area contributed by atoms with Crippen molar-refractivity contribution in [2.45, 2.75) is 33.0 Å². The molecule has 0 saturated heterocycles. The molecule has 0 saturated carbocycles. The lowest BCUT2D eigenvalue weighted by atomic mass is 10.1. The molecule has 0 N–H and O–H groups in total. The van der Waals surface area contributed by atoms with Gasteiger partial charge in [-0.05, 0) is 25.0 Å². The Hall–Kier alpha value is -0.530. The van der Waals surface area contributed by atoms with E-state index in [1.165, 1.54) is 11.1 Å². The summed E-state index contributed by atoms with van der Waals surface area (Å²) in [6, 6.07) is 9.39. The van der Waals surface area contributed by atoms with Crippen molar-refractivity contribution < 1.29 is 0 Å². The van der Waals surface area contributed by atoms with Crippen LogP contribution in [0.2, 0.25) is 0 Å². The van der Waals surface area contributed by atoms with Gasteiger partial charge in [0.2, 0.25) is 0 Å². The second kappa shape index (κ2) is 4.12. The predicted molar refractivity (Wildman–Crippen MR) is 58.1 cm³/mol. The molecule has 1 heterocycles. The normalized spacial score (nSPS) is 15.6. The molecule has 0 aromatic heterocycles. The second-order valence-electron chi connectivity index (χ2n) is 3.77. The van der Waals surface area contributed by atoms with Gasteiger partial charge in [0.1, 0.15) is 0 Å². The molecule has 0 spiro atoms. The highest BCUT2D eigenvalue weighted by atomic mass is 35.5. The Labute approximate surface area is 86.2 Å². The summed E-state index contributed by atoms with van der Waals surface area (Å²) < 4.78 is 0. The molecule has 2 heteroatoms. The fourth-order valence-electron chi connectivity index (χ4n) is 1.72. The molecule has 2 rings (SSSR count). The number of nitrogens with zero attached hydrogens (tertiary/aromatic N) is 1. The highest BCUT2D eigenvalue weighted by Gasteiger charge is 2.19. The molecule has 13 heavy (non-hydrogen) atoms. The topological polar surface area (TPSA) is 3.24 Å². The van der Waals surface area contributed by atoms with E-state index >= 15 is 0 Å². The van der Waals surface area contributed by atoms with Gasteiger partial charge in [0.15, 0.2) is 0 Å². The van der Waals surface area contributed by atoms with Crippen molar-refractivity contribution in [2.24, 2.45) is 0 Å².